The molecule has 0 amide bonds. The lowest BCUT2D eigenvalue weighted by Crippen LogP contribution is -2.30. The van der Waals surface area contributed by atoms with Gasteiger partial charge >= 0.3 is 0 Å². The molecule has 9 nitrogen and oxygen atoms in total. The molecular formula is C29H20ClF2N7O2. The van der Waals surface area contributed by atoms with Crippen LogP contribution >= 0.6 is 11.6 Å². The Morgan fingerprint density at radius 1 is 1.15 bits per heavy atom. The highest BCUT2D eigenvalue weighted by molar-refractivity contribution is 6.31. The summed E-state index contributed by atoms with van der Waals surface area (Å²) in [6, 6.07) is 12.2. The van der Waals surface area contributed by atoms with Crippen molar-refractivity contribution in [2.45, 2.75) is 38.2 Å². The molecule has 2 aliphatic heterocycles. The second-order valence-corrected chi connectivity index (χ2v) is 11.1. The minimum atomic E-state index is -2.76. The van der Waals surface area contributed by atoms with Gasteiger partial charge in [-0.3, -0.25) is 14.4 Å². The van der Waals surface area contributed by atoms with Gasteiger partial charge in [-0.25, -0.2) is 18.4 Å². The van der Waals surface area contributed by atoms with E-state index in [1.54, 1.807) is 22.8 Å². The first-order valence-electron chi connectivity index (χ1n) is 13.1. The first kappa shape index (κ1) is 24.3. The fourth-order valence-electron chi connectivity index (χ4n) is 6.11. The Hall–Kier alpha value is -4.51. The van der Waals surface area contributed by atoms with Crippen LogP contribution in [0.25, 0.3) is 33.5 Å². The maximum Gasteiger partial charge on any atom is 0.283 e. The van der Waals surface area contributed by atoms with Gasteiger partial charge in [-0.05, 0) is 60.7 Å². The van der Waals surface area contributed by atoms with Gasteiger partial charge < -0.3 is 4.52 Å². The standard InChI is InChI=1S/C29H20ClF2N7O2/c1-13-17-4-2-14(7-25(17)41-36-13)15-6-22(33-11-15)27-18-9-19(18)29-34-21(10-26(40)39(27)29)20-8-16(30)3-5-24(20)38-12-23(28(31)32)35-37-38/h2-5,7-8,10-12,18-19,27-28H,6,9H2,1H3. The van der Waals surface area contributed by atoms with Crippen molar-refractivity contribution in [1.29, 1.82) is 0 Å². The predicted octanol–water partition coefficient (Wildman–Crippen LogP) is 6.08. The van der Waals surface area contributed by atoms with E-state index in [4.69, 9.17) is 26.1 Å². The summed E-state index contributed by atoms with van der Waals surface area (Å²) in [6.45, 7) is 1.91. The van der Waals surface area contributed by atoms with Crippen LogP contribution in [-0.4, -0.2) is 35.4 Å². The van der Waals surface area contributed by atoms with Gasteiger partial charge in [-0.15, -0.1) is 5.10 Å². The summed E-state index contributed by atoms with van der Waals surface area (Å²) < 4.78 is 34.8. The molecule has 5 aromatic rings. The van der Waals surface area contributed by atoms with Crippen molar-refractivity contribution in [2.24, 2.45) is 10.9 Å². The van der Waals surface area contributed by atoms with E-state index < -0.39 is 12.1 Å². The molecule has 204 valence electrons. The SMILES string of the molecule is Cc1noc2cc(C3=CN=C(C4C5CC5c5nc(-c6cc(Cl)ccc6-n6cc(C(F)F)nn6)cc(=O)n54)C3)ccc12. The Balaban J connectivity index is 1.13. The average molecular weight is 572 g/mol. The van der Waals surface area contributed by atoms with E-state index in [0.29, 0.717) is 34.2 Å². The van der Waals surface area contributed by atoms with Crippen molar-refractivity contribution < 1.29 is 13.3 Å². The highest BCUT2D eigenvalue weighted by Crippen LogP contribution is 2.59. The Kier molecular flexibility index (Phi) is 5.18. The van der Waals surface area contributed by atoms with Crippen molar-refractivity contribution in [3.8, 4) is 16.9 Å². The van der Waals surface area contributed by atoms with Crippen molar-refractivity contribution in [3.05, 3.63) is 93.0 Å². The third kappa shape index (κ3) is 3.79. The van der Waals surface area contributed by atoms with E-state index in [1.807, 2.05) is 31.3 Å². The third-order valence-corrected chi connectivity index (χ3v) is 8.41. The normalized spacial score (nSPS) is 20.9. The average Bonchev–Trinajstić information content (AvgIpc) is 3.36. The number of allylic oxidation sites excluding steroid dienone is 1. The molecule has 0 N–H and O–H groups in total. The Morgan fingerprint density at radius 3 is 2.85 bits per heavy atom. The molecule has 0 spiro atoms. The summed E-state index contributed by atoms with van der Waals surface area (Å²) in [4.78, 5) is 23.3. The van der Waals surface area contributed by atoms with Gasteiger partial charge in [-0.2, -0.15) is 0 Å². The largest absolute Gasteiger partial charge is 0.356 e. The summed E-state index contributed by atoms with van der Waals surface area (Å²) in [6.07, 6.45) is 1.81. The van der Waals surface area contributed by atoms with Gasteiger partial charge in [0.25, 0.3) is 12.0 Å². The molecule has 5 heterocycles. The number of halogens is 3. The van der Waals surface area contributed by atoms with Crippen molar-refractivity contribution in [2.75, 3.05) is 0 Å². The minimum Gasteiger partial charge on any atom is -0.356 e. The van der Waals surface area contributed by atoms with Crippen LogP contribution in [0.4, 0.5) is 8.78 Å². The van der Waals surface area contributed by atoms with E-state index >= 15 is 0 Å². The highest BCUT2D eigenvalue weighted by Gasteiger charge is 2.55. The summed E-state index contributed by atoms with van der Waals surface area (Å²) in [7, 11) is 0. The zero-order valence-corrected chi connectivity index (χ0v) is 22.3. The number of benzene rings is 2. The van der Waals surface area contributed by atoms with E-state index in [9.17, 15) is 13.6 Å². The number of fused-ring (bicyclic) bond motifs is 4. The minimum absolute atomic E-state index is 0.146. The van der Waals surface area contributed by atoms with Crippen LogP contribution in [-0.2, 0) is 0 Å². The topological polar surface area (TPSA) is 104 Å². The van der Waals surface area contributed by atoms with Crippen LogP contribution in [0.5, 0.6) is 0 Å². The molecule has 0 bridgehead atoms. The first-order valence-corrected chi connectivity index (χ1v) is 13.5. The summed E-state index contributed by atoms with van der Waals surface area (Å²) in [5, 5.41) is 12.9. The number of nitrogens with zero attached hydrogens (tertiary/aromatic N) is 7. The number of alkyl halides is 2. The van der Waals surface area contributed by atoms with Gasteiger partial charge in [0.15, 0.2) is 5.58 Å². The van der Waals surface area contributed by atoms with Crippen molar-refractivity contribution in [1.82, 2.24) is 29.7 Å². The Bertz CT molecular complexity index is 2030. The molecule has 12 heteroatoms. The second kappa shape index (κ2) is 8.74. The summed E-state index contributed by atoms with van der Waals surface area (Å²) >= 11 is 6.30. The number of hydrogen-bond acceptors (Lipinski definition) is 7. The molecule has 0 saturated heterocycles. The predicted molar refractivity (Wildman–Crippen MR) is 147 cm³/mol. The molecule has 8 rings (SSSR count). The summed E-state index contributed by atoms with van der Waals surface area (Å²) in [5.41, 5.74) is 5.28. The van der Waals surface area contributed by atoms with Gasteiger partial charge in [-0.1, -0.05) is 28.0 Å². The number of aromatic nitrogens is 6. The van der Waals surface area contributed by atoms with Crippen molar-refractivity contribution >= 4 is 33.9 Å². The molecule has 3 unspecified atom stereocenters. The van der Waals surface area contributed by atoms with Gasteiger partial charge in [0.1, 0.15) is 11.5 Å². The zero-order chi connectivity index (χ0) is 28.0. The smallest absolute Gasteiger partial charge is 0.283 e. The van der Waals surface area contributed by atoms with Crippen LogP contribution in [0.1, 0.15) is 54.0 Å². The van der Waals surface area contributed by atoms with Gasteiger partial charge in [0, 0.05) is 46.3 Å². The van der Waals surface area contributed by atoms with Gasteiger partial charge in [0.05, 0.1) is 29.3 Å². The van der Waals surface area contributed by atoms with Crippen molar-refractivity contribution in [3.63, 3.8) is 0 Å². The van der Waals surface area contributed by atoms with Gasteiger partial charge in [0.2, 0.25) is 0 Å². The monoisotopic (exact) mass is 571 g/mol. The first-order chi connectivity index (χ1) is 19.9. The number of aliphatic imine (C=N–C) groups is 1. The lowest BCUT2D eigenvalue weighted by molar-refractivity contribution is 0.146. The highest BCUT2D eigenvalue weighted by atomic mass is 35.5. The van der Waals surface area contributed by atoms with E-state index in [1.165, 1.54) is 10.7 Å². The van der Waals surface area contributed by atoms with Crippen LogP contribution in [0.3, 0.4) is 0 Å². The molecular weight excluding hydrogens is 552 g/mol. The fourth-order valence-corrected chi connectivity index (χ4v) is 6.28. The molecule has 0 radical (unpaired) electrons. The lowest BCUT2D eigenvalue weighted by atomic mass is 9.97. The molecule has 3 aliphatic rings. The fraction of sp³-hybridized carbons (Fsp3) is 0.241. The lowest BCUT2D eigenvalue weighted by Gasteiger charge is -2.19. The third-order valence-electron chi connectivity index (χ3n) is 8.17. The number of aryl methyl sites for hydroxylation is 1. The van der Waals surface area contributed by atoms with Crippen LogP contribution in [0, 0.1) is 12.8 Å². The Labute approximate surface area is 235 Å². The Morgan fingerprint density at radius 2 is 2.02 bits per heavy atom. The number of rotatable bonds is 5. The van der Waals surface area contributed by atoms with E-state index in [0.717, 1.165) is 46.1 Å². The molecule has 1 fully saturated rings. The zero-order valence-electron chi connectivity index (χ0n) is 21.5. The van der Waals surface area contributed by atoms with E-state index in [2.05, 4.69) is 15.5 Å². The summed E-state index contributed by atoms with van der Waals surface area (Å²) in [5.74, 6) is 1.10. The molecule has 1 saturated carbocycles. The number of hydrogen-bond donors (Lipinski definition) is 0. The molecule has 2 aromatic carbocycles. The molecule has 1 aliphatic carbocycles. The quantitative estimate of drug-likeness (QED) is 0.253. The molecule has 3 atom stereocenters. The molecule has 3 aromatic heterocycles. The second-order valence-electron chi connectivity index (χ2n) is 10.6. The van der Waals surface area contributed by atoms with E-state index in [-0.39, 0.29) is 23.4 Å². The maximum atomic E-state index is 13.6. The van der Waals surface area contributed by atoms with Crippen LogP contribution < -0.4 is 5.56 Å². The van der Waals surface area contributed by atoms with Crippen LogP contribution in [0.15, 0.2) is 69.2 Å². The van der Waals surface area contributed by atoms with Crippen LogP contribution in [0.2, 0.25) is 5.02 Å². The maximum absolute atomic E-state index is 13.6. The molecule has 41 heavy (non-hydrogen) atoms.